The van der Waals surface area contributed by atoms with Crippen LogP contribution >= 0.6 is 0 Å². The molecule has 0 fully saturated rings. The van der Waals surface area contributed by atoms with Crippen molar-refractivity contribution in [1.29, 1.82) is 0 Å². The number of carbonyl (C=O) groups excluding carboxylic acids is 2. The maximum Gasteiger partial charge on any atom is 0.261 e. The zero-order valence-corrected chi connectivity index (χ0v) is 20.0. The predicted molar refractivity (Wildman–Crippen MR) is 124 cm³/mol. The molecule has 180 valence electrons. The molecule has 1 atom stereocenters. The second-order valence-electron chi connectivity index (χ2n) is 6.85. The molecule has 10 nitrogen and oxygen atoms in total. The number of methoxy groups -OCH3 is 2. The SMILES string of the molecule is CCNC(=O)[C@@H](C)NC(=O)c1cc(OC)c(OC)cc1NS(=O)(=O)c1ccc(OCC)cc1. The predicted octanol–water partition coefficient (Wildman–Crippen LogP) is 2.16. The largest absolute Gasteiger partial charge is 0.494 e. The molecule has 0 aliphatic rings. The van der Waals surface area contributed by atoms with E-state index in [1.807, 2.05) is 6.92 Å². The minimum atomic E-state index is -4.06. The molecule has 2 rings (SSSR count). The monoisotopic (exact) mass is 479 g/mol. The van der Waals surface area contributed by atoms with E-state index in [1.54, 1.807) is 6.92 Å². The van der Waals surface area contributed by atoms with Crippen LogP contribution in [0.25, 0.3) is 0 Å². The maximum absolute atomic E-state index is 13.0. The zero-order chi connectivity index (χ0) is 24.6. The summed E-state index contributed by atoms with van der Waals surface area (Å²) in [5, 5.41) is 5.17. The Morgan fingerprint density at radius 1 is 1.00 bits per heavy atom. The van der Waals surface area contributed by atoms with Gasteiger partial charge in [-0.15, -0.1) is 0 Å². The van der Waals surface area contributed by atoms with Gasteiger partial charge in [0.05, 0.1) is 37.0 Å². The Bertz CT molecular complexity index is 1090. The van der Waals surface area contributed by atoms with Crippen LogP contribution in [0.15, 0.2) is 41.3 Å². The van der Waals surface area contributed by atoms with Gasteiger partial charge in [-0.2, -0.15) is 0 Å². The first kappa shape index (κ1) is 25.8. The number of amides is 2. The molecule has 0 radical (unpaired) electrons. The smallest absolute Gasteiger partial charge is 0.261 e. The first-order chi connectivity index (χ1) is 15.7. The lowest BCUT2D eigenvalue weighted by molar-refractivity contribution is -0.122. The Balaban J connectivity index is 2.43. The molecule has 0 heterocycles. The molecule has 3 N–H and O–H groups in total. The highest BCUT2D eigenvalue weighted by Crippen LogP contribution is 2.34. The number of ether oxygens (including phenoxy) is 3. The van der Waals surface area contributed by atoms with Gasteiger partial charge in [-0.05, 0) is 51.1 Å². The molecule has 0 aliphatic carbocycles. The molecule has 0 bridgehead atoms. The molecule has 0 saturated carbocycles. The summed E-state index contributed by atoms with van der Waals surface area (Å²) in [6.07, 6.45) is 0. The normalized spacial score (nSPS) is 11.8. The minimum absolute atomic E-state index is 0.0252. The van der Waals surface area contributed by atoms with Gasteiger partial charge in [0.2, 0.25) is 5.91 Å². The molecule has 0 saturated heterocycles. The number of rotatable bonds is 11. The molecule has 2 aromatic carbocycles. The summed E-state index contributed by atoms with van der Waals surface area (Å²) in [4.78, 5) is 24.9. The third-order valence-corrected chi connectivity index (χ3v) is 5.93. The van der Waals surface area contributed by atoms with Crippen LogP contribution < -0.4 is 29.6 Å². The lowest BCUT2D eigenvalue weighted by Crippen LogP contribution is -2.44. The van der Waals surface area contributed by atoms with Crippen LogP contribution in [-0.4, -0.2) is 53.6 Å². The number of nitrogens with one attached hydrogen (secondary N) is 3. The molecule has 2 aromatic rings. The highest BCUT2D eigenvalue weighted by atomic mass is 32.2. The second kappa shape index (κ2) is 11.4. The molecule has 0 unspecified atom stereocenters. The van der Waals surface area contributed by atoms with Crippen molar-refractivity contribution in [3.63, 3.8) is 0 Å². The van der Waals surface area contributed by atoms with Crippen molar-refractivity contribution in [3.05, 3.63) is 42.0 Å². The molecular formula is C22H29N3O7S. The molecule has 0 spiro atoms. The van der Waals surface area contributed by atoms with E-state index in [0.29, 0.717) is 18.9 Å². The Kier molecular flexibility index (Phi) is 8.92. The van der Waals surface area contributed by atoms with E-state index >= 15 is 0 Å². The van der Waals surface area contributed by atoms with Crippen LogP contribution in [-0.2, 0) is 14.8 Å². The van der Waals surface area contributed by atoms with Crippen LogP contribution in [0.2, 0.25) is 0 Å². The van der Waals surface area contributed by atoms with Crippen molar-refractivity contribution >= 4 is 27.5 Å². The highest BCUT2D eigenvalue weighted by Gasteiger charge is 2.24. The van der Waals surface area contributed by atoms with Crippen LogP contribution in [0.5, 0.6) is 17.2 Å². The molecular weight excluding hydrogens is 450 g/mol. The third kappa shape index (κ3) is 6.51. The summed E-state index contributed by atoms with van der Waals surface area (Å²) in [7, 11) is -1.28. The van der Waals surface area contributed by atoms with E-state index in [9.17, 15) is 18.0 Å². The van der Waals surface area contributed by atoms with Crippen molar-refractivity contribution < 1.29 is 32.2 Å². The fraction of sp³-hybridized carbons (Fsp3) is 0.364. The Labute approximate surface area is 193 Å². The van der Waals surface area contributed by atoms with Gasteiger partial charge in [0.25, 0.3) is 15.9 Å². The molecule has 33 heavy (non-hydrogen) atoms. The lowest BCUT2D eigenvalue weighted by Gasteiger charge is -2.18. The number of carbonyl (C=O) groups is 2. The van der Waals surface area contributed by atoms with E-state index in [4.69, 9.17) is 14.2 Å². The van der Waals surface area contributed by atoms with Crippen LogP contribution in [0.1, 0.15) is 31.1 Å². The molecule has 0 aromatic heterocycles. The van der Waals surface area contributed by atoms with Gasteiger partial charge < -0.3 is 24.8 Å². The topological polar surface area (TPSA) is 132 Å². The van der Waals surface area contributed by atoms with Gasteiger partial charge in [-0.1, -0.05) is 0 Å². The Morgan fingerprint density at radius 3 is 2.15 bits per heavy atom. The third-order valence-electron chi connectivity index (χ3n) is 4.55. The fourth-order valence-corrected chi connectivity index (χ4v) is 3.97. The average Bonchev–Trinajstić information content (AvgIpc) is 2.79. The number of sulfonamides is 1. The van der Waals surface area contributed by atoms with E-state index in [-0.39, 0.29) is 33.6 Å². The lowest BCUT2D eigenvalue weighted by atomic mass is 10.1. The number of benzene rings is 2. The van der Waals surface area contributed by atoms with Crippen molar-refractivity contribution in [2.45, 2.75) is 31.7 Å². The fourth-order valence-electron chi connectivity index (χ4n) is 2.90. The van der Waals surface area contributed by atoms with Gasteiger partial charge in [0, 0.05) is 12.6 Å². The Hall–Kier alpha value is -3.47. The number of hydrogen-bond donors (Lipinski definition) is 3. The highest BCUT2D eigenvalue weighted by molar-refractivity contribution is 7.92. The average molecular weight is 480 g/mol. The van der Waals surface area contributed by atoms with E-state index in [1.165, 1.54) is 57.5 Å². The summed E-state index contributed by atoms with van der Waals surface area (Å²) in [6.45, 7) is 5.95. The van der Waals surface area contributed by atoms with Crippen molar-refractivity contribution in [2.75, 3.05) is 32.1 Å². The summed E-state index contributed by atoms with van der Waals surface area (Å²) < 4.78 is 44.3. The van der Waals surface area contributed by atoms with Crippen molar-refractivity contribution in [1.82, 2.24) is 10.6 Å². The molecule has 0 aliphatic heterocycles. The Morgan fingerprint density at radius 2 is 1.61 bits per heavy atom. The van der Waals surface area contributed by atoms with Crippen LogP contribution in [0.4, 0.5) is 5.69 Å². The number of likely N-dealkylation sites (N-methyl/N-ethyl adjacent to an activating group) is 1. The maximum atomic E-state index is 13.0. The van der Waals surface area contributed by atoms with Crippen molar-refractivity contribution in [2.24, 2.45) is 0 Å². The van der Waals surface area contributed by atoms with E-state index in [0.717, 1.165) is 0 Å². The first-order valence-corrected chi connectivity index (χ1v) is 11.7. The van der Waals surface area contributed by atoms with Gasteiger partial charge in [0.15, 0.2) is 11.5 Å². The van der Waals surface area contributed by atoms with Gasteiger partial charge >= 0.3 is 0 Å². The summed E-state index contributed by atoms with van der Waals surface area (Å²) in [6, 6.07) is 7.70. The quantitative estimate of drug-likeness (QED) is 0.450. The molecule has 2 amide bonds. The standard InChI is InChI=1S/C22H29N3O7S/c1-6-23-21(26)14(3)24-22(27)17-12-19(30-4)20(31-5)13-18(17)25-33(28,29)16-10-8-15(9-11-16)32-7-2/h8-14,25H,6-7H2,1-5H3,(H,23,26)(H,24,27)/t14-/m1/s1. The zero-order valence-electron chi connectivity index (χ0n) is 19.2. The summed E-state index contributed by atoms with van der Waals surface area (Å²) >= 11 is 0. The van der Waals surface area contributed by atoms with Gasteiger partial charge in [0.1, 0.15) is 11.8 Å². The number of hydrogen-bond acceptors (Lipinski definition) is 7. The first-order valence-electron chi connectivity index (χ1n) is 10.3. The van der Waals surface area contributed by atoms with Gasteiger partial charge in [-0.3, -0.25) is 14.3 Å². The summed E-state index contributed by atoms with van der Waals surface area (Å²) in [5.41, 5.74) is -0.0829. The van der Waals surface area contributed by atoms with Crippen LogP contribution in [0, 0.1) is 0 Å². The summed E-state index contributed by atoms with van der Waals surface area (Å²) in [5.74, 6) is -0.0727. The van der Waals surface area contributed by atoms with Crippen molar-refractivity contribution in [3.8, 4) is 17.2 Å². The second-order valence-corrected chi connectivity index (χ2v) is 8.53. The van der Waals surface area contributed by atoms with E-state index in [2.05, 4.69) is 15.4 Å². The number of anilines is 1. The minimum Gasteiger partial charge on any atom is -0.494 e. The molecule has 11 heteroatoms. The van der Waals surface area contributed by atoms with E-state index < -0.39 is 22.0 Å². The van der Waals surface area contributed by atoms with Crippen LogP contribution in [0.3, 0.4) is 0 Å². The van der Waals surface area contributed by atoms with Gasteiger partial charge in [-0.25, -0.2) is 8.42 Å².